The van der Waals surface area contributed by atoms with Crippen molar-refractivity contribution in [1.29, 1.82) is 0 Å². The number of rotatable bonds is 6. The van der Waals surface area contributed by atoms with E-state index in [0.717, 1.165) is 38.3 Å². The Bertz CT molecular complexity index is 528. The van der Waals surface area contributed by atoms with Crippen LogP contribution in [0.15, 0.2) is 6.33 Å². The van der Waals surface area contributed by atoms with Crippen molar-refractivity contribution in [3.05, 3.63) is 12.2 Å². The molecule has 1 amide bonds. The number of nitrogens with zero attached hydrogens (tertiary/aromatic N) is 4. The second-order valence-electron chi connectivity index (χ2n) is 6.98. The predicted molar refractivity (Wildman–Crippen MR) is 84.2 cm³/mol. The van der Waals surface area contributed by atoms with Crippen LogP contribution in [-0.2, 0) is 11.3 Å². The second kappa shape index (κ2) is 5.99. The van der Waals surface area contributed by atoms with Crippen molar-refractivity contribution in [3.8, 4) is 0 Å². The normalized spacial score (nSPS) is 21.0. The van der Waals surface area contributed by atoms with Crippen molar-refractivity contribution < 1.29 is 4.79 Å². The van der Waals surface area contributed by atoms with Crippen molar-refractivity contribution >= 4 is 5.91 Å². The van der Waals surface area contributed by atoms with Crippen molar-refractivity contribution in [2.75, 3.05) is 13.1 Å². The van der Waals surface area contributed by atoms with Gasteiger partial charge in [0.15, 0.2) is 0 Å². The number of aryl methyl sites for hydroxylation is 1. The molecule has 1 N–H and O–H groups in total. The van der Waals surface area contributed by atoms with Crippen LogP contribution in [0.4, 0.5) is 0 Å². The summed E-state index contributed by atoms with van der Waals surface area (Å²) in [4.78, 5) is 19.6. The maximum atomic E-state index is 12.9. The van der Waals surface area contributed by atoms with Crippen LogP contribution in [0.5, 0.6) is 0 Å². The molecule has 2 heterocycles. The zero-order chi connectivity index (χ0) is 15.7. The largest absolute Gasteiger partial charge is 0.344 e. The van der Waals surface area contributed by atoms with Gasteiger partial charge < -0.3 is 5.32 Å². The second-order valence-corrected chi connectivity index (χ2v) is 6.98. The number of carbonyl (C=O) groups is 1. The minimum absolute atomic E-state index is 0.00294. The van der Waals surface area contributed by atoms with Gasteiger partial charge in [0.05, 0.1) is 11.6 Å². The van der Waals surface area contributed by atoms with Crippen LogP contribution < -0.4 is 5.32 Å². The smallest absolute Gasteiger partial charge is 0.240 e. The van der Waals surface area contributed by atoms with E-state index in [9.17, 15) is 4.79 Å². The third kappa shape index (κ3) is 2.89. The Labute approximate surface area is 132 Å². The standard InChI is InChI=1S/C16H27N5O/c1-4-21-14(17-11-18-21)13(12-7-8-12)19-15(22)16(2,3)20-9-5-6-10-20/h11-13H,4-10H2,1-3H3,(H,19,22). The molecule has 1 aliphatic carbocycles. The summed E-state index contributed by atoms with van der Waals surface area (Å²) >= 11 is 0. The molecule has 1 aliphatic heterocycles. The highest BCUT2D eigenvalue weighted by molar-refractivity contribution is 5.85. The lowest BCUT2D eigenvalue weighted by Gasteiger charge is -2.35. The predicted octanol–water partition coefficient (Wildman–Crippen LogP) is 1.74. The van der Waals surface area contributed by atoms with Crippen LogP contribution in [0.1, 0.15) is 58.3 Å². The third-order valence-electron chi connectivity index (χ3n) is 5.06. The molecule has 6 heteroatoms. The monoisotopic (exact) mass is 305 g/mol. The Morgan fingerprint density at radius 1 is 1.41 bits per heavy atom. The number of nitrogens with one attached hydrogen (secondary N) is 1. The van der Waals surface area contributed by atoms with Crippen LogP contribution >= 0.6 is 0 Å². The molecule has 2 aliphatic rings. The van der Waals surface area contributed by atoms with Gasteiger partial charge in [0.25, 0.3) is 0 Å². The number of hydrogen-bond donors (Lipinski definition) is 1. The van der Waals surface area contributed by atoms with Crippen molar-refractivity contribution in [3.63, 3.8) is 0 Å². The van der Waals surface area contributed by atoms with E-state index in [1.165, 1.54) is 12.8 Å². The molecule has 0 spiro atoms. The van der Waals surface area contributed by atoms with E-state index in [1.807, 2.05) is 18.5 Å². The summed E-state index contributed by atoms with van der Waals surface area (Å²) in [6.45, 7) is 8.92. The van der Waals surface area contributed by atoms with Gasteiger partial charge >= 0.3 is 0 Å². The SMILES string of the molecule is CCn1ncnc1C(NC(=O)C(C)(C)N1CCCC1)C1CC1. The highest BCUT2D eigenvalue weighted by atomic mass is 16.2. The summed E-state index contributed by atoms with van der Waals surface area (Å²) in [5, 5.41) is 7.53. The summed E-state index contributed by atoms with van der Waals surface area (Å²) in [6, 6.07) is -0.00294. The molecule has 1 atom stereocenters. The maximum absolute atomic E-state index is 12.9. The fourth-order valence-electron chi connectivity index (χ4n) is 3.32. The third-order valence-corrected chi connectivity index (χ3v) is 5.06. The Balaban J connectivity index is 1.75. The molecule has 3 rings (SSSR count). The maximum Gasteiger partial charge on any atom is 0.240 e. The molecular weight excluding hydrogens is 278 g/mol. The molecule has 6 nitrogen and oxygen atoms in total. The number of amides is 1. The molecule has 1 aromatic rings. The molecule has 22 heavy (non-hydrogen) atoms. The molecule has 1 saturated carbocycles. The van der Waals surface area contributed by atoms with Gasteiger partial charge in [-0.2, -0.15) is 5.10 Å². The molecule has 1 aromatic heterocycles. The average molecular weight is 305 g/mol. The number of likely N-dealkylation sites (tertiary alicyclic amines) is 1. The first kappa shape index (κ1) is 15.5. The van der Waals surface area contributed by atoms with Gasteiger partial charge in [-0.3, -0.25) is 9.69 Å². The molecule has 0 aromatic carbocycles. The first-order valence-corrected chi connectivity index (χ1v) is 8.47. The number of aromatic nitrogens is 3. The Hall–Kier alpha value is -1.43. The highest BCUT2D eigenvalue weighted by Gasteiger charge is 2.41. The minimum Gasteiger partial charge on any atom is -0.344 e. The Morgan fingerprint density at radius 3 is 2.68 bits per heavy atom. The van der Waals surface area contributed by atoms with Crippen molar-refractivity contribution in [2.45, 2.75) is 64.6 Å². The molecule has 122 valence electrons. The van der Waals surface area contributed by atoms with E-state index in [-0.39, 0.29) is 11.9 Å². The van der Waals surface area contributed by atoms with Gasteiger partial charge in [-0.05, 0) is 65.5 Å². The van der Waals surface area contributed by atoms with Gasteiger partial charge in [0.2, 0.25) is 5.91 Å². The molecule has 0 bridgehead atoms. The number of hydrogen-bond acceptors (Lipinski definition) is 4. The average Bonchev–Trinajstić information content (AvgIpc) is 3.02. The van der Waals surface area contributed by atoms with Crippen LogP contribution in [0.3, 0.4) is 0 Å². The molecule has 0 radical (unpaired) electrons. The molecule has 2 fully saturated rings. The lowest BCUT2D eigenvalue weighted by Crippen LogP contribution is -2.54. The fourth-order valence-corrected chi connectivity index (χ4v) is 3.32. The summed E-state index contributed by atoms with van der Waals surface area (Å²) < 4.78 is 1.89. The molecule has 1 unspecified atom stereocenters. The van der Waals surface area contributed by atoms with Gasteiger partial charge in [0.1, 0.15) is 12.2 Å². The summed E-state index contributed by atoms with van der Waals surface area (Å²) in [5.74, 6) is 1.51. The summed E-state index contributed by atoms with van der Waals surface area (Å²) in [7, 11) is 0. The first-order chi connectivity index (χ1) is 10.5. The van der Waals surface area contributed by atoms with Crippen LogP contribution in [0, 0.1) is 5.92 Å². The lowest BCUT2D eigenvalue weighted by molar-refractivity contribution is -0.132. The van der Waals surface area contributed by atoms with Gasteiger partial charge in [-0.25, -0.2) is 9.67 Å². The topological polar surface area (TPSA) is 63.1 Å². The van der Waals surface area contributed by atoms with E-state index in [4.69, 9.17) is 0 Å². The summed E-state index contributed by atoms with van der Waals surface area (Å²) in [5.41, 5.74) is -0.458. The quantitative estimate of drug-likeness (QED) is 0.869. The summed E-state index contributed by atoms with van der Waals surface area (Å²) in [6.07, 6.45) is 6.28. The van der Waals surface area contributed by atoms with Crippen molar-refractivity contribution in [2.24, 2.45) is 5.92 Å². The lowest BCUT2D eigenvalue weighted by atomic mass is 10.0. The van der Waals surface area contributed by atoms with Crippen LogP contribution in [0.2, 0.25) is 0 Å². The zero-order valence-electron chi connectivity index (χ0n) is 13.9. The van der Waals surface area contributed by atoms with Crippen molar-refractivity contribution in [1.82, 2.24) is 25.0 Å². The Morgan fingerprint density at radius 2 is 2.09 bits per heavy atom. The van der Waals surface area contributed by atoms with Gasteiger partial charge in [-0.1, -0.05) is 0 Å². The van der Waals surface area contributed by atoms with Gasteiger partial charge in [0, 0.05) is 6.54 Å². The minimum atomic E-state index is -0.458. The zero-order valence-corrected chi connectivity index (χ0v) is 13.9. The van der Waals surface area contributed by atoms with E-state index in [0.29, 0.717) is 5.92 Å². The van der Waals surface area contributed by atoms with Gasteiger partial charge in [-0.15, -0.1) is 0 Å². The Kier molecular flexibility index (Phi) is 4.21. The van der Waals surface area contributed by atoms with Crippen LogP contribution in [-0.4, -0.2) is 44.2 Å². The first-order valence-electron chi connectivity index (χ1n) is 8.47. The fraction of sp³-hybridized carbons (Fsp3) is 0.812. The van der Waals surface area contributed by atoms with Crippen LogP contribution in [0.25, 0.3) is 0 Å². The van der Waals surface area contributed by atoms with E-state index in [1.54, 1.807) is 6.33 Å². The van der Waals surface area contributed by atoms with E-state index in [2.05, 4.69) is 27.2 Å². The van der Waals surface area contributed by atoms with E-state index < -0.39 is 5.54 Å². The molecular formula is C16H27N5O. The highest BCUT2D eigenvalue weighted by Crippen LogP contribution is 2.40. The number of carbonyl (C=O) groups excluding carboxylic acids is 1. The van der Waals surface area contributed by atoms with E-state index >= 15 is 0 Å². The molecule has 1 saturated heterocycles.